The quantitative estimate of drug-likeness (QED) is 0.522. The van der Waals surface area contributed by atoms with E-state index in [9.17, 15) is 4.79 Å². The summed E-state index contributed by atoms with van der Waals surface area (Å²) in [6.45, 7) is 3.42. The molecule has 0 bridgehead atoms. The lowest BCUT2D eigenvalue weighted by Gasteiger charge is -2.06. The van der Waals surface area contributed by atoms with Crippen LogP contribution in [-0.2, 0) is 27.9 Å². The fourth-order valence-corrected chi connectivity index (χ4v) is 1.32. The summed E-state index contributed by atoms with van der Waals surface area (Å²) in [7, 11) is 3.37. The molecule has 1 rings (SSSR count). The predicted molar refractivity (Wildman–Crippen MR) is 60.7 cm³/mol. The second kappa shape index (κ2) is 7.03. The number of carbonyl (C=O) groups is 1. The van der Waals surface area contributed by atoms with Crippen molar-refractivity contribution in [1.82, 2.24) is 9.78 Å². The Bertz CT molecular complexity index is 362. The maximum atomic E-state index is 11.6. The molecule has 0 aliphatic heterocycles. The molecule has 1 heterocycles. The lowest BCUT2D eigenvalue weighted by molar-refractivity contribution is 0.0491. The highest BCUT2D eigenvalue weighted by Gasteiger charge is 2.16. The van der Waals surface area contributed by atoms with E-state index in [0.29, 0.717) is 37.7 Å². The van der Waals surface area contributed by atoms with Gasteiger partial charge in [-0.2, -0.15) is 5.10 Å². The van der Waals surface area contributed by atoms with Gasteiger partial charge in [-0.3, -0.25) is 4.68 Å². The van der Waals surface area contributed by atoms with Gasteiger partial charge in [-0.25, -0.2) is 4.79 Å². The number of nitrogens with zero attached hydrogens (tertiary/aromatic N) is 2. The Balaban J connectivity index is 2.63. The van der Waals surface area contributed by atoms with Gasteiger partial charge in [0.25, 0.3) is 0 Å². The van der Waals surface area contributed by atoms with Gasteiger partial charge in [0, 0.05) is 14.2 Å². The topological polar surface area (TPSA) is 62.6 Å². The van der Waals surface area contributed by atoms with Crippen LogP contribution in [0.15, 0.2) is 6.20 Å². The summed E-state index contributed by atoms with van der Waals surface area (Å²) in [6, 6.07) is 0. The highest BCUT2D eigenvalue weighted by molar-refractivity contribution is 5.90. The third kappa shape index (κ3) is 3.83. The normalized spacial score (nSPS) is 10.5. The van der Waals surface area contributed by atoms with Gasteiger partial charge >= 0.3 is 5.97 Å². The molecule has 1 aromatic rings. The summed E-state index contributed by atoms with van der Waals surface area (Å²) in [4.78, 5) is 11.6. The van der Waals surface area contributed by atoms with Gasteiger partial charge in [0.05, 0.1) is 38.3 Å². The van der Waals surface area contributed by atoms with Gasteiger partial charge in [0.15, 0.2) is 0 Å². The fraction of sp³-hybridized carbons (Fsp3) is 0.636. The molecule has 1 aromatic heterocycles. The van der Waals surface area contributed by atoms with Crippen molar-refractivity contribution in [3.8, 4) is 0 Å². The molecule has 96 valence electrons. The molecule has 0 aromatic carbocycles. The molecule has 0 fully saturated rings. The van der Waals surface area contributed by atoms with Crippen LogP contribution < -0.4 is 0 Å². The molecule has 6 nitrogen and oxygen atoms in total. The first-order valence-corrected chi connectivity index (χ1v) is 5.45. The van der Waals surface area contributed by atoms with Crippen LogP contribution >= 0.6 is 0 Å². The van der Waals surface area contributed by atoms with Crippen LogP contribution in [0.5, 0.6) is 0 Å². The van der Waals surface area contributed by atoms with Crippen LogP contribution in [0.4, 0.5) is 0 Å². The zero-order chi connectivity index (χ0) is 12.7. The Morgan fingerprint density at radius 1 is 1.47 bits per heavy atom. The van der Waals surface area contributed by atoms with Crippen molar-refractivity contribution in [1.29, 1.82) is 0 Å². The Hall–Kier alpha value is -1.40. The van der Waals surface area contributed by atoms with Crippen molar-refractivity contribution in [2.45, 2.75) is 13.5 Å². The monoisotopic (exact) mass is 242 g/mol. The number of aromatic nitrogens is 2. The fourth-order valence-electron chi connectivity index (χ4n) is 1.32. The Labute approximate surface area is 100 Å². The maximum Gasteiger partial charge on any atom is 0.341 e. The molecular formula is C11H18N2O4. The molecule has 0 unspecified atom stereocenters. The number of hydrogen-bond acceptors (Lipinski definition) is 5. The van der Waals surface area contributed by atoms with Crippen LogP contribution in [0.25, 0.3) is 0 Å². The van der Waals surface area contributed by atoms with Crippen molar-refractivity contribution in [2.75, 3.05) is 26.9 Å². The number of ether oxygens (including phenoxy) is 3. The second-order valence-electron chi connectivity index (χ2n) is 3.39. The first kappa shape index (κ1) is 13.7. The average molecular weight is 242 g/mol. The number of rotatable bonds is 7. The summed E-state index contributed by atoms with van der Waals surface area (Å²) in [5.74, 6) is -0.369. The SMILES string of the molecule is CCOC(=O)c1cnn(C)c1COCCOC. The highest BCUT2D eigenvalue weighted by Crippen LogP contribution is 2.10. The van der Waals surface area contributed by atoms with Crippen molar-refractivity contribution in [3.05, 3.63) is 17.5 Å². The van der Waals surface area contributed by atoms with Gasteiger partial charge in [0.1, 0.15) is 5.56 Å². The lowest BCUT2D eigenvalue weighted by atomic mass is 10.2. The number of methoxy groups -OCH3 is 1. The summed E-state index contributed by atoms with van der Waals surface area (Å²) < 4.78 is 16.8. The molecule has 0 aliphatic rings. The Morgan fingerprint density at radius 2 is 2.24 bits per heavy atom. The average Bonchev–Trinajstić information content (AvgIpc) is 2.67. The molecule has 17 heavy (non-hydrogen) atoms. The van der Waals surface area contributed by atoms with Crippen LogP contribution in [0.3, 0.4) is 0 Å². The molecule has 0 radical (unpaired) electrons. The molecule has 6 heteroatoms. The van der Waals surface area contributed by atoms with E-state index in [1.54, 1.807) is 25.8 Å². The second-order valence-corrected chi connectivity index (χ2v) is 3.39. The van der Waals surface area contributed by atoms with Crippen molar-refractivity contribution in [3.63, 3.8) is 0 Å². The largest absolute Gasteiger partial charge is 0.462 e. The van der Waals surface area contributed by atoms with Crippen molar-refractivity contribution < 1.29 is 19.0 Å². The van der Waals surface area contributed by atoms with Gasteiger partial charge in [-0.05, 0) is 6.92 Å². The molecular weight excluding hydrogens is 224 g/mol. The number of esters is 1. The standard InChI is InChI=1S/C11H18N2O4/c1-4-17-11(14)9-7-12-13(2)10(9)8-16-6-5-15-3/h7H,4-6,8H2,1-3H3. The van der Waals surface area contributed by atoms with Crippen LogP contribution in [0.2, 0.25) is 0 Å². The molecule has 0 amide bonds. The third-order valence-electron chi connectivity index (χ3n) is 2.23. The highest BCUT2D eigenvalue weighted by atomic mass is 16.5. The molecule has 0 saturated heterocycles. The first-order chi connectivity index (χ1) is 8.20. The Morgan fingerprint density at radius 3 is 2.88 bits per heavy atom. The first-order valence-electron chi connectivity index (χ1n) is 5.45. The zero-order valence-electron chi connectivity index (χ0n) is 10.4. The van der Waals surface area contributed by atoms with E-state index >= 15 is 0 Å². The molecule has 0 saturated carbocycles. The van der Waals surface area contributed by atoms with E-state index in [0.717, 1.165) is 0 Å². The third-order valence-corrected chi connectivity index (χ3v) is 2.23. The molecule has 0 N–H and O–H groups in total. The molecule has 0 atom stereocenters. The zero-order valence-corrected chi connectivity index (χ0v) is 10.4. The van der Waals surface area contributed by atoms with Gasteiger partial charge in [-0.15, -0.1) is 0 Å². The molecule has 0 aliphatic carbocycles. The van der Waals surface area contributed by atoms with E-state index in [-0.39, 0.29) is 5.97 Å². The minimum Gasteiger partial charge on any atom is -0.462 e. The van der Waals surface area contributed by atoms with Crippen LogP contribution in [0, 0.1) is 0 Å². The van der Waals surface area contributed by atoms with Crippen molar-refractivity contribution >= 4 is 5.97 Å². The van der Waals surface area contributed by atoms with Gasteiger partial charge in [0.2, 0.25) is 0 Å². The number of hydrogen-bond donors (Lipinski definition) is 0. The van der Waals surface area contributed by atoms with Crippen molar-refractivity contribution in [2.24, 2.45) is 7.05 Å². The van der Waals surface area contributed by atoms with Gasteiger partial charge < -0.3 is 14.2 Å². The smallest absolute Gasteiger partial charge is 0.341 e. The summed E-state index contributed by atoms with van der Waals surface area (Å²) in [5, 5.41) is 4.02. The van der Waals surface area contributed by atoms with E-state index in [1.165, 1.54) is 6.20 Å². The van der Waals surface area contributed by atoms with E-state index in [1.807, 2.05) is 0 Å². The summed E-state index contributed by atoms with van der Waals surface area (Å²) >= 11 is 0. The summed E-state index contributed by atoms with van der Waals surface area (Å²) in [5.41, 5.74) is 1.16. The predicted octanol–water partition coefficient (Wildman–Crippen LogP) is 0.760. The van der Waals surface area contributed by atoms with E-state index in [2.05, 4.69) is 5.10 Å². The van der Waals surface area contributed by atoms with E-state index in [4.69, 9.17) is 14.2 Å². The summed E-state index contributed by atoms with van der Waals surface area (Å²) in [6.07, 6.45) is 1.49. The van der Waals surface area contributed by atoms with Crippen LogP contribution in [-0.4, -0.2) is 42.7 Å². The minimum absolute atomic E-state index is 0.313. The van der Waals surface area contributed by atoms with Crippen LogP contribution in [0.1, 0.15) is 23.0 Å². The Kier molecular flexibility index (Phi) is 5.65. The minimum atomic E-state index is -0.369. The number of aryl methyl sites for hydroxylation is 1. The lowest BCUT2D eigenvalue weighted by Crippen LogP contribution is -2.11. The maximum absolute atomic E-state index is 11.6. The van der Waals surface area contributed by atoms with E-state index < -0.39 is 0 Å². The molecule has 0 spiro atoms. The number of carbonyl (C=O) groups excluding carboxylic acids is 1. The van der Waals surface area contributed by atoms with Gasteiger partial charge in [-0.1, -0.05) is 0 Å².